The molecule has 0 unspecified atom stereocenters. The molecule has 0 amide bonds. The minimum absolute atomic E-state index is 1.22. The normalized spacial score (nSPS) is 11.2. The van der Waals surface area contributed by atoms with Crippen LogP contribution in [0.1, 0.15) is 0 Å². The minimum atomic E-state index is 1.22. The van der Waals surface area contributed by atoms with Crippen LogP contribution in [0.3, 0.4) is 0 Å². The van der Waals surface area contributed by atoms with Gasteiger partial charge in [-0.1, -0.05) is 133 Å². The van der Waals surface area contributed by atoms with Crippen LogP contribution < -0.4 is 0 Å². The van der Waals surface area contributed by atoms with Gasteiger partial charge in [0.05, 0.1) is 0 Å². The summed E-state index contributed by atoms with van der Waals surface area (Å²) in [7, 11) is 0. The maximum atomic E-state index is 2.27. The van der Waals surface area contributed by atoms with Crippen molar-refractivity contribution in [2.75, 3.05) is 0 Å². The molecule has 0 aliphatic rings. The third kappa shape index (κ3) is 6.35. The van der Waals surface area contributed by atoms with Gasteiger partial charge in [0.15, 0.2) is 0 Å². The number of hydrogen-bond acceptors (Lipinski definition) is 4. The van der Waals surface area contributed by atoms with Crippen molar-refractivity contribution >= 4 is 45.3 Å². The van der Waals surface area contributed by atoms with E-state index in [1.165, 1.54) is 84.2 Å². The van der Waals surface area contributed by atoms with Crippen LogP contribution in [0.4, 0.5) is 0 Å². The molecule has 0 N–H and O–H groups in total. The van der Waals surface area contributed by atoms with E-state index in [9.17, 15) is 0 Å². The minimum Gasteiger partial charge on any atom is -0.143 e. The first-order valence-corrected chi connectivity index (χ1v) is 19.9. The number of hydrogen-bond donors (Lipinski definition) is 0. The van der Waals surface area contributed by atoms with Gasteiger partial charge in [-0.2, -0.15) is 0 Å². The molecule has 0 nitrogen and oxygen atoms in total. The molecule has 0 radical (unpaired) electrons. The lowest BCUT2D eigenvalue weighted by Crippen LogP contribution is -1.83. The van der Waals surface area contributed by atoms with E-state index in [0.29, 0.717) is 0 Å². The lowest BCUT2D eigenvalue weighted by Gasteiger charge is -2.08. The zero-order valence-corrected chi connectivity index (χ0v) is 30.2. The first kappa shape index (κ1) is 30.9. The molecule has 0 spiro atoms. The Kier molecular flexibility index (Phi) is 8.45. The fraction of sp³-hybridized carbons (Fsp3) is 0. The zero-order chi connectivity index (χ0) is 33.3. The van der Waals surface area contributed by atoms with E-state index in [1.54, 1.807) is 11.3 Å². The smallest absolute Gasteiger partial charge is 0.0449 e. The van der Waals surface area contributed by atoms with Gasteiger partial charge < -0.3 is 0 Å². The Hall–Kier alpha value is -5.10. The van der Waals surface area contributed by atoms with E-state index in [4.69, 9.17) is 0 Å². The monoisotopic (exact) mass is 710 g/mol. The molecular formula is C46H30S4. The van der Waals surface area contributed by atoms with Gasteiger partial charge in [-0.3, -0.25) is 0 Å². The molecule has 4 aromatic heterocycles. The standard InChI is InChI=1S/C46H30S4/c1-2-5-31(6-3-1)32-8-10-33(11-9-32)34-12-14-35(15-13-34)36-16-18-37(19-17-36)38-20-22-39(23-21-38)40-24-25-43(48-40)44-28-29-46(50-44)45-27-26-42(49-45)41-7-4-30-47-41/h1-30H. The van der Waals surface area contributed by atoms with Crippen molar-refractivity contribution < 1.29 is 0 Å². The Labute approximate surface area is 308 Å². The lowest BCUT2D eigenvalue weighted by molar-refractivity contribution is 1.57. The average molecular weight is 711 g/mol. The molecule has 0 aliphatic heterocycles. The molecule has 4 heteroatoms. The average Bonchev–Trinajstić information content (AvgIpc) is 4.03. The first-order valence-electron chi connectivity index (χ1n) is 16.5. The van der Waals surface area contributed by atoms with E-state index in [1.807, 2.05) is 34.0 Å². The SMILES string of the molecule is c1ccc(-c2ccc(-c3ccc(-c4ccc(-c5ccc(-c6ccc(-c7ccc(-c8ccc(-c9cccs9)s8)s7)s6)cc5)cc4)cc3)cc2)cc1. The van der Waals surface area contributed by atoms with Crippen LogP contribution in [-0.2, 0) is 0 Å². The van der Waals surface area contributed by atoms with E-state index < -0.39 is 0 Å². The summed E-state index contributed by atoms with van der Waals surface area (Å²) in [6.45, 7) is 0. The predicted octanol–water partition coefficient (Wildman–Crippen LogP) is 15.3. The molecule has 0 aliphatic carbocycles. The summed E-state index contributed by atoms with van der Waals surface area (Å²) in [5.41, 5.74) is 11.1. The fourth-order valence-electron chi connectivity index (χ4n) is 6.27. The van der Waals surface area contributed by atoms with Crippen molar-refractivity contribution in [3.8, 4) is 84.2 Å². The Balaban J connectivity index is 0.859. The molecule has 50 heavy (non-hydrogen) atoms. The summed E-state index contributed by atoms with van der Waals surface area (Å²) in [4.78, 5) is 9.29. The molecule has 4 heterocycles. The second-order valence-corrected chi connectivity index (χ2v) is 16.3. The van der Waals surface area contributed by atoms with Crippen LogP contribution in [0.15, 0.2) is 181 Å². The van der Waals surface area contributed by atoms with Gasteiger partial charge in [-0.15, -0.1) is 45.3 Å². The Morgan fingerprint density at radius 3 is 0.860 bits per heavy atom. The van der Waals surface area contributed by atoms with Gasteiger partial charge in [-0.25, -0.2) is 0 Å². The number of benzene rings is 5. The highest BCUT2D eigenvalue weighted by atomic mass is 32.1. The van der Waals surface area contributed by atoms with Crippen LogP contribution in [0.25, 0.3) is 84.2 Å². The molecule has 9 aromatic rings. The largest absolute Gasteiger partial charge is 0.143 e. The second kappa shape index (κ2) is 13.7. The quantitative estimate of drug-likeness (QED) is 0.147. The topological polar surface area (TPSA) is 0 Å². The fourth-order valence-corrected chi connectivity index (χ4v) is 10.3. The van der Waals surface area contributed by atoms with Crippen molar-refractivity contribution in [1.82, 2.24) is 0 Å². The highest BCUT2D eigenvalue weighted by Gasteiger charge is 2.12. The van der Waals surface area contributed by atoms with Gasteiger partial charge in [-0.05, 0) is 97.9 Å². The summed E-state index contributed by atoms with van der Waals surface area (Å²) in [5.74, 6) is 0. The van der Waals surface area contributed by atoms with Crippen LogP contribution in [0.2, 0.25) is 0 Å². The van der Waals surface area contributed by atoms with Gasteiger partial charge in [0.25, 0.3) is 0 Å². The van der Waals surface area contributed by atoms with Crippen molar-refractivity contribution in [2.24, 2.45) is 0 Å². The Morgan fingerprint density at radius 2 is 0.500 bits per heavy atom. The third-order valence-electron chi connectivity index (χ3n) is 9.00. The summed E-state index contributed by atoms with van der Waals surface area (Å²) in [6, 6.07) is 64.0. The summed E-state index contributed by atoms with van der Waals surface area (Å²) in [5, 5.41) is 2.14. The maximum absolute atomic E-state index is 2.27. The molecule has 0 fully saturated rings. The van der Waals surface area contributed by atoms with E-state index >= 15 is 0 Å². The molecule has 0 bridgehead atoms. The van der Waals surface area contributed by atoms with Gasteiger partial charge in [0.1, 0.15) is 0 Å². The van der Waals surface area contributed by atoms with Gasteiger partial charge >= 0.3 is 0 Å². The number of rotatable bonds is 8. The van der Waals surface area contributed by atoms with E-state index in [-0.39, 0.29) is 0 Å². The van der Waals surface area contributed by atoms with Crippen LogP contribution >= 0.6 is 45.3 Å². The maximum Gasteiger partial charge on any atom is 0.0449 e. The van der Waals surface area contributed by atoms with E-state index in [0.717, 1.165) is 0 Å². The summed E-state index contributed by atoms with van der Waals surface area (Å²) < 4.78 is 0. The highest BCUT2D eigenvalue weighted by Crippen LogP contribution is 2.44. The van der Waals surface area contributed by atoms with Crippen molar-refractivity contribution in [1.29, 1.82) is 0 Å². The molecular weight excluding hydrogens is 681 g/mol. The molecule has 238 valence electrons. The van der Waals surface area contributed by atoms with Crippen LogP contribution in [0, 0.1) is 0 Å². The van der Waals surface area contributed by atoms with Crippen LogP contribution in [0.5, 0.6) is 0 Å². The molecule has 0 saturated carbocycles. The predicted molar refractivity (Wildman–Crippen MR) is 221 cm³/mol. The summed E-state index contributed by atoms with van der Waals surface area (Å²) >= 11 is 7.43. The Morgan fingerprint density at radius 1 is 0.200 bits per heavy atom. The molecule has 5 aromatic carbocycles. The third-order valence-corrected chi connectivity index (χ3v) is 13.8. The van der Waals surface area contributed by atoms with E-state index in [2.05, 4.69) is 181 Å². The van der Waals surface area contributed by atoms with Crippen LogP contribution in [-0.4, -0.2) is 0 Å². The lowest BCUT2D eigenvalue weighted by atomic mass is 9.97. The van der Waals surface area contributed by atoms with Gasteiger partial charge in [0, 0.05) is 34.1 Å². The highest BCUT2D eigenvalue weighted by molar-refractivity contribution is 7.28. The van der Waals surface area contributed by atoms with Crippen molar-refractivity contribution in [3.05, 3.63) is 181 Å². The van der Waals surface area contributed by atoms with Gasteiger partial charge in [0.2, 0.25) is 0 Å². The second-order valence-electron chi connectivity index (χ2n) is 12.1. The Bertz CT molecular complexity index is 2470. The molecule has 0 atom stereocenters. The summed E-state index contributed by atoms with van der Waals surface area (Å²) in [6.07, 6.45) is 0. The number of thiophene rings is 4. The molecule has 0 saturated heterocycles. The zero-order valence-electron chi connectivity index (χ0n) is 27.0. The van der Waals surface area contributed by atoms with Crippen molar-refractivity contribution in [2.45, 2.75) is 0 Å². The molecule has 9 rings (SSSR count). The first-order chi connectivity index (χ1) is 24.7. The van der Waals surface area contributed by atoms with Crippen molar-refractivity contribution in [3.63, 3.8) is 0 Å².